The molecule has 0 aromatic heterocycles. The number of phenolic OH excluding ortho intramolecular Hbond substituents is 6. The molecular formula is C114H127Cl3N6O13S5. The van der Waals surface area contributed by atoms with E-state index in [0.717, 1.165) is 119 Å². The molecule has 13 aromatic rings. The number of halogens is 3. The summed E-state index contributed by atoms with van der Waals surface area (Å²) < 4.78 is 5.53. The Balaban J connectivity index is 0.000000208. The number of phenols is 6. The summed E-state index contributed by atoms with van der Waals surface area (Å²) >= 11 is 26.4. The van der Waals surface area contributed by atoms with E-state index in [1.807, 2.05) is 240 Å². The van der Waals surface area contributed by atoms with Gasteiger partial charge in [-0.1, -0.05) is 186 Å². The number of nitrogens with zero attached hydrogens (tertiary/aromatic N) is 6. The molecule has 0 unspecified atom stereocenters. The van der Waals surface area contributed by atoms with Crippen LogP contribution < -0.4 is 9.64 Å². The molecule has 27 heteroatoms. The van der Waals surface area contributed by atoms with Gasteiger partial charge in [-0.05, 0) is 295 Å². The Morgan fingerprint density at radius 1 is 0.298 bits per heavy atom. The standard InChI is InChI=1S/C24H25NO2S.C19H23NO2S.C18H19Cl2NO2S.C18H20ClNO2S.C18H21NO3.C17H19NO2S/c1-25(23(27)13-8-18-28-22-16-14-21(26)15-17-22)24(19-9-4-2-5-10-19)20-11-6-3-7-12-20;1-15-6-3-4-7-16(15)14-20(2)19(22)8-5-13-23-18-11-9-17(21)10-12-18;1-21(12-13-4-5-14(19)11-17(13)20)18(23)3-2-10-24-16-8-6-15(22)7-9-16;1-20(13-14-4-2-5-15(19)12-14)18(22)6-3-11-23-17-9-7-16(21)8-10-17;1-19(14-15-6-3-2-4-7-15)18(21)8-5-13-22-17-11-9-16(20)10-12-17;1-18(14-6-3-2-4-7-14)17(20)8-5-13-21-16-11-9-15(19)10-12-16/h2-7,9-12,14-17,24,26H,8,13,18H2,1H3;3-4,6-7,9-12,21H,5,8,13-14H2,1-2H3;4-9,11,22H,2-3,10,12H2,1H3;2,4-5,7-10,12,21H,3,6,11,13H2,1H3;2-4,6-7,9-12,20H,5,8,13-14H2,1H3;2-4,6-7,9-12,19H,5,8,13H2,1H3. The molecule has 13 rings (SSSR count). The second kappa shape index (κ2) is 64.4. The molecule has 6 amide bonds. The van der Waals surface area contributed by atoms with Gasteiger partial charge in [0.2, 0.25) is 35.4 Å². The molecule has 6 N–H and O–H groups in total. The number of thioether (sulfide) groups is 5. The number of hydrogen-bond donors (Lipinski definition) is 6. The van der Waals surface area contributed by atoms with Crippen molar-refractivity contribution >= 4 is 135 Å². The molecule has 0 heterocycles. The topological polar surface area (TPSA) is 252 Å². The van der Waals surface area contributed by atoms with E-state index in [1.165, 1.54) is 11.1 Å². The molecule has 0 bridgehead atoms. The number of benzene rings is 13. The average Bonchev–Trinajstić information content (AvgIpc) is 0.816. The summed E-state index contributed by atoms with van der Waals surface area (Å²) in [6.45, 7) is 4.89. The van der Waals surface area contributed by atoms with Crippen LogP contribution in [0.5, 0.6) is 40.2 Å². The Morgan fingerprint density at radius 3 is 0.993 bits per heavy atom. The van der Waals surface area contributed by atoms with Gasteiger partial charge in [0.15, 0.2) is 0 Å². The molecule has 141 heavy (non-hydrogen) atoms. The van der Waals surface area contributed by atoms with Crippen molar-refractivity contribution in [3.63, 3.8) is 0 Å². The second-order valence-electron chi connectivity index (χ2n) is 33.0. The average molecular weight is 2060 g/mol. The summed E-state index contributed by atoms with van der Waals surface area (Å²) in [7, 11) is 11.0. The van der Waals surface area contributed by atoms with Crippen molar-refractivity contribution < 1.29 is 64.1 Å². The Bertz CT molecular complexity index is 5810. The van der Waals surface area contributed by atoms with E-state index in [1.54, 1.807) is 187 Å². The lowest BCUT2D eigenvalue weighted by Crippen LogP contribution is -2.31. The molecule has 0 aliphatic carbocycles. The van der Waals surface area contributed by atoms with Crippen LogP contribution in [0.3, 0.4) is 0 Å². The molecule has 0 fully saturated rings. The quantitative estimate of drug-likeness (QED) is 0.0154. The zero-order valence-electron chi connectivity index (χ0n) is 80.8. The Morgan fingerprint density at radius 2 is 0.610 bits per heavy atom. The van der Waals surface area contributed by atoms with E-state index in [4.69, 9.17) is 39.5 Å². The first-order valence-corrected chi connectivity index (χ1v) is 52.5. The normalized spacial score (nSPS) is 10.5. The maximum atomic E-state index is 12.9. The number of amides is 6. The first-order chi connectivity index (χ1) is 68.0. The molecule has 0 radical (unpaired) electrons. The predicted octanol–water partition coefficient (Wildman–Crippen LogP) is 26.7. The van der Waals surface area contributed by atoms with E-state index < -0.39 is 0 Å². The monoisotopic (exact) mass is 2050 g/mol. The summed E-state index contributed by atoms with van der Waals surface area (Å²) in [4.78, 5) is 89.5. The minimum absolute atomic E-state index is 0.0837. The summed E-state index contributed by atoms with van der Waals surface area (Å²) in [5.41, 5.74) is 8.61. The van der Waals surface area contributed by atoms with Gasteiger partial charge in [-0.2, -0.15) is 0 Å². The summed E-state index contributed by atoms with van der Waals surface area (Å²) in [6.07, 6.45) is 7.87. The van der Waals surface area contributed by atoms with E-state index >= 15 is 0 Å². The third-order valence-electron chi connectivity index (χ3n) is 21.7. The minimum Gasteiger partial charge on any atom is -0.508 e. The van der Waals surface area contributed by atoms with Crippen molar-refractivity contribution in [3.8, 4) is 40.2 Å². The number of carbonyl (C=O) groups is 6. The highest BCUT2D eigenvalue weighted by molar-refractivity contribution is 8.00. The van der Waals surface area contributed by atoms with Crippen LogP contribution in [0.1, 0.15) is 122 Å². The van der Waals surface area contributed by atoms with Crippen molar-refractivity contribution in [2.24, 2.45) is 0 Å². The number of anilines is 1. The highest BCUT2D eigenvalue weighted by Gasteiger charge is 2.24. The van der Waals surface area contributed by atoms with Crippen molar-refractivity contribution in [2.45, 2.75) is 141 Å². The zero-order valence-corrected chi connectivity index (χ0v) is 87.1. The number of aromatic hydroxyl groups is 6. The Labute approximate surface area is 867 Å². The molecule has 13 aromatic carbocycles. The first-order valence-electron chi connectivity index (χ1n) is 46.4. The van der Waals surface area contributed by atoms with Gasteiger partial charge < -0.3 is 64.8 Å². The number of para-hydroxylation sites is 1. The third kappa shape index (κ3) is 45.2. The Kier molecular flexibility index (Phi) is 52.1. The van der Waals surface area contributed by atoms with E-state index in [9.17, 15) is 59.4 Å². The smallest absolute Gasteiger partial charge is 0.226 e. The first kappa shape index (κ1) is 114. The summed E-state index contributed by atoms with van der Waals surface area (Å²) in [5, 5.41) is 57.3. The third-order valence-corrected chi connectivity index (χ3v) is 28.1. The van der Waals surface area contributed by atoms with Crippen LogP contribution in [0.2, 0.25) is 15.1 Å². The van der Waals surface area contributed by atoms with Crippen LogP contribution in [-0.2, 0) is 54.9 Å². The molecule has 0 aliphatic rings. The van der Waals surface area contributed by atoms with Crippen molar-refractivity contribution in [3.05, 3.63) is 388 Å². The van der Waals surface area contributed by atoms with Crippen molar-refractivity contribution in [2.75, 3.05) is 82.6 Å². The number of hydrogen-bond acceptors (Lipinski definition) is 18. The SMILES string of the molecule is CN(C(=O)CCCSc1ccc(O)cc1)C(c1ccccc1)c1ccccc1.CN(C(=O)CCCSc1ccc(O)cc1)c1ccccc1.CN(Cc1ccc(Cl)cc1Cl)C(=O)CCCSc1ccc(O)cc1.CN(Cc1cccc(Cl)c1)C(=O)CCCSc1ccc(O)cc1.CN(Cc1ccccc1)C(=O)CCCOc1ccc(O)cc1.Cc1ccccc1CN(C)C(=O)CCCSc1ccc(O)cc1. The molecule has 0 atom stereocenters. The van der Waals surface area contributed by atoms with Gasteiger partial charge in [-0.3, -0.25) is 28.8 Å². The van der Waals surface area contributed by atoms with Crippen LogP contribution in [0.15, 0.2) is 358 Å². The van der Waals surface area contributed by atoms with Gasteiger partial charge in [-0.25, -0.2) is 0 Å². The largest absolute Gasteiger partial charge is 0.508 e. The highest BCUT2D eigenvalue weighted by Crippen LogP contribution is 2.33. The van der Waals surface area contributed by atoms with Gasteiger partial charge in [0.25, 0.3) is 0 Å². The molecule has 19 nitrogen and oxygen atoms in total. The van der Waals surface area contributed by atoms with Crippen LogP contribution in [0.25, 0.3) is 0 Å². The lowest BCUT2D eigenvalue weighted by molar-refractivity contribution is -0.132. The van der Waals surface area contributed by atoms with Crippen LogP contribution in [0, 0.1) is 6.92 Å². The summed E-state index contributed by atoms with van der Waals surface area (Å²) in [5.74, 6) is 7.44. The maximum absolute atomic E-state index is 12.9. The molecular weight excluding hydrogens is 1930 g/mol. The predicted molar refractivity (Wildman–Crippen MR) is 582 cm³/mol. The van der Waals surface area contributed by atoms with Crippen LogP contribution in [0.4, 0.5) is 5.69 Å². The van der Waals surface area contributed by atoms with E-state index in [2.05, 4.69) is 43.3 Å². The van der Waals surface area contributed by atoms with Crippen molar-refractivity contribution in [1.82, 2.24) is 24.5 Å². The van der Waals surface area contributed by atoms with Gasteiger partial charge in [0, 0.05) is 152 Å². The molecule has 0 spiro atoms. The van der Waals surface area contributed by atoms with Crippen LogP contribution >= 0.6 is 93.6 Å². The molecule has 0 aliphatic heterocycles. The lowest BCUT2D eigenvalue weighted by atomic mass is 9.97. The van der Waals surface area contributed by atoms with Gasteiger partial charge in [-0.15, -0.1) is 58.8 Å². The zero-order chi connectivity index (χ0) is 101. The fourth-order valence-corrected chi connectivity index (χ4v) is 18.7. The maximum Gasteiger partial charge on any atom is 0.226 e. The fourth-order valence-electron chi connectivity index (χ4n) is 13.8. The van der Waals surface area contributed by atoms with Crippen LogP contribution in [-0.4, -0.2) is 168 Å². The number of rotatable bonds is 42. The number of aryl methyl sites for hydroxylation is 1. The minimum atomic E-state index is -0.0837. The van der Waals surface area contributed by atoms with Gasteiger partial charge in [0.05, 0.1) is 12.6 Å². The fraction of sp³-hybridized carbons (Fsp3) is 0.263. The second-order valence-corrected chi connectivity index (χ2v) is 40.1. The van der Waals surface area contributed by atoms with Crippen molar-refractivity contribution in [1.29, 1.82) is 0 Å². The molecule has 742 valence electrons. The molecule has 0 saturated heterocycles. The van der Waals surface area contributed by atoms with E-state index in [0.29, 0.717) is 98.5 Å². The highest BCUT2D eigenvalue weighted by atomic mass is 35.5. The Hall–Kier alpha value is -12.1. The summed E-state index contributed by atoms with van der Waals surface area (Å²) in [6, 6.07) is 103. The van der Waals surface area contributed by atoms with E-state index in [-0.39, 0.29) is 76.0 Å². The molecule has 0 saturated carbocycles. The lowest BCUT2D eigenvalue weighted by Gasteiger charge is -2.29. The van der Waals surface area contributed by atoms with Gasteiger partial charge >= 0.3 is 0 Å². The van der Waals surface area contributed by atoms with Gasteiger partial charge in [0.1, 0.15) is 40.2 Å². The number of carbonyl (C=O) groups excluding carboxylic acids is 6. The number of ether oxygens (including phenoxy) is 1.